The molecule has 10 heavy (non-hydrogen) atoms. The van der Waals surface area contributed by atoms with Crippen molar-refractivity contribution in [1.82, 2.24) is 0 Å². The number of hydrogen-bond acceptors (Lipinski definition) is 4. The van der Waals surface area contributed by atoms with Crippen LogP contribution in [0.25, 0.3) is 0 Å². The summed E-state index contributed by atoms with van der Waals surface area (Å²) in [6.07, 6.45) is -0.374. The molecule has 0 aliphatic carbocycles. The van der Waals surface area contributed by atoms with Crippen molar-refractivity contribution in [2.45, 2.75) is 13.3 Å². The van der Waals surface area contributed by atoms with Crippen molar-refractivity contribution >= 4 is 17.7 Å². The lowest BCUT2D eigenvalue weighted by atomic mass is 10.3. The van der Waals surface area contributed by atoms with Gasteiger partial charge in [-0.1, -0.05) is 0 Å². The van der Waals surface area contributed by atoms with E-state index in [1.165, 1.54) is 6.92 Å². The second-order valence-electron chi connectivity index (χ2n) is 1.72. The van der Waals surface area contributed by atoms with Gasteiger partial charge in [0.2, 0.25) is 0 Å². The highest BCUT2D eigenvalue weighted by Gasteiger charge is 2.07. The fourth-order valence-electron chi connectivity index (χ4n) is 0.366. The minimum atomic E-state index is -0.939. The third-order valence-corrected chi connectivity index (χ3v) is 0.621. The van der Waals surface area contributed by atoms with Gasteiger partial charge in [0.1, 0.15) is 12.2 Å². The highest BCUT2D eigenvalue weighted by atomic mass is 16.6. The van der Waals surface area contributed by atoms with E-state index in [1.807, 2.05) is 0 Å². The van der Waals surface area contributed by atoms with Gasteiger partial charge in [-0.25, -0.2) is 0 Å². The van der Waals surface area contributed by atoms with Crippen molar-refractivity contribution in [2.75, 3.05) is 0 Å². The lowest BCUT2D eigenvalue weighted by Gasteiger charge is -1.94. The third kappa shape index (κ3) is 4.96. The fraction of sp³-hybridized carbons (Fsp3) is 0.333. The van der Waals surface area contributed by atoms with Crippen LogP contribution in [0.4, 0.5) is 0 Å². The molecule has 0 aliphatic rings. The highest BCUT2D eigenvalue weighted by molar-refractivity contribution is 5.98. The lowest BCUT2D eigenvalue weighted by Crippen LogP contribution is -2.12. The molecule has 0 fully saturated rings. The molecule has 0 atom stereocenters. The van der Waals surface area contributed by atoms with Gasteiger partial charge in [-0.15, -0.1) is 0 Å². The van der Waals surface area contributed by atoms with Crippen molar-refractivity contribution in [2.24, 2.45) is 0 Å². The molecule has 1 radical (unpaired) electrons. The Morgan fingerprint density at radius 2 is 1.90 bits per heavy atom. The standard InChI is InChI=1S/C6H7O4/c1-4(7)3-6(9)10-5(2)8/h2-3H2,1H3. The highest BCUT2D eigenvalue weighted by Crippen LogP contribution is 1.87. The number of carbonyl (C=O) groups is 3. The van der Waals surface area contributed by atoms with E-state index in [4.69, 9.17) is 0 Å². The molecule has 0 amide bonds. The van der Waals surface area contributed by atoms with Crippen molar-refractivity contribution in [1.29, 1.82) is 0 Å². The van der Waals surface area contributed by atoms with E-state index in [1.54, 1.807) is 0 Å². The van der Waals surface area contributed by atoms with E-state index in [2.05, 4.69) is 11.7 Å². The van der Waals surface area contributed by atoms with Crippen LogP contribution in [0.3, 0.4) is 0 Å². The minimum absolute atomic E-state index is 0.341. The Balaban J connectivity index is 3.65. The van der Waals surface area contributed by atoms with Crippen molar-refractivity contribution in [3.8, 4) is 0 Å². The molecule has 0 saturated carbocycles. The average Bonchev–Trinajstić information content (AvgIpc) is 1.58. The molecule has 0 saturated heterocycles. The number of esters is 2. The van der Waals surface area contributed by atoms with Crippen molar-refractivity contribution < 1.29 is 19.1 Å². The number of rotatable bonds is 2. The summed E-state index contributed by atoms with van der Waals surface area (Å²) in [6, 6.07) is 0. The van der Waals surface area contributed by atoms with Crippen LogP contribution in [-0.4, -0.2) is 17.7 Å². The van der Waals surface area contributed by atoms with Gasteiger partial charge in [0.15, 0.2) is 0 Å². The van der Waals surface area contributed by atoms with Gasteiger partial charge in [0, 0.05) is 0 Å². The Morgan fingerprint density at radius 3 is 2.20 bits per heavy atom. The Morgan fingerprint density at radius 1 is 1.40 bits per heavy atom. The van der Waals surface area contributed by atoms with Gasteiger partial charge in [-0.05, 0) is 6.92 Å². The molecule has 4 heteroatoms. The van der Waals surface area contributed by atoms with Crippen LogP contribution < -0.4 is 0 Å². The second kappa shape index (κ2) is 3.76. The summed E-state index contributed by atoms with van der Waals surface area (Å²) in [5, 5.41) is 0. The van der Waals surface area contributed by atoms with Crippen LogP contribution in [0.1, 0.15) is 13.3 Å². The van der Waals surface area contributed by atoms with E-state index in [0.717, 1.165) is 0 Å². The summed E-state index contributed by atoms with van der Waals surface area (Å²) in [7, 11) is 0. The molecule has 0 aliphatic heterocycles. The normalized spacial score (nSPS) is 8.60. The summed E-state index contributed by atoms with van der Waals surface area (Å²) in [6.45, 7) is 4.02. The predicted molar refractivity (Wildman–Crippen MR) is 31.8 cm³/mol. The number of hydrogen-bond donors (Lipinski definition) is 0. The Bertz CT molecular complexity index is 153. The SMILES string of the molecule is [CH2]C(=O)OC(=O)CC(C)=O. The smallest absolute Gasteiger partial charge is 0.320 e. The largest absolute Gasteiger partial charge is 0.393 e. The third-order valence-electron chi connectivity index (χ3n) is 0.621. The quantitative estimate of drug-likeness (QED) is 0.399. The number of carbonyl (C=O) groups excluding carboxylic acids is 3. The molecule has 0 heterocycles. The lowest BCUT2D eigenvalue weighted by molar-refractivity contribution is -0.156. The monoisotopic (exact) mass is 143 g/mol. The molecule has 0 spiro atoms. The van der Waals surface area contributed by atoms with Crippen LogP contribution in [0.5, 0.6) is 0 Å². The molecule has 0 unspecified atom stereocenters. The Hall–Kier alpha value is -1.19. The van der Waals surface area contributed by atoms with Gasteiger partial charge in [0.25, 0.3) is 0 Å². The molecular formula is C6H7O4. The summed E-state index contributed by atoms with van der Waals surface area (Å²) < 4.78 is 3.95. The maximum Gasteiger partial charge on any atom is 0.320 e. The minimum Gasteiger partial charge on any atom is -0.393 e. The topological polar surface area (TPSA) is 60.4 Å². The Kier molecular flexibility index (Phi) is 3.32. The van der Waals surface area contributed by atoms with E-state index in [-0.39, 0.29) is 12.2 Å². The van der Waals surface area contributed by atoms with E-state index in [0.29, 0.717) is 0 Å². The summed E-state index contributed by atoms with van der Waals surface area (Å²) in [5.74, 6) is -2.13. The van der Waals surface area contributed by atoms with E-state index >= 15 is 0 Å². The first-order chi connectivity index (χ1) is 4.52. The van der Waals surface area contributed by atoms with Gasteiger partial charge in [0.05, 0.1) is 6.92 Å². The summed E-state index contributed by atoms with van der Waals surface area (Å²) in [4.78, 5) is 30.5. The molecule has 4 nitrogen and oxygen atoms in total. The van der Waals surface area contributed by atoms with Crippen LogP contribution in [-0.2, 0) is 19.1 Å². The van der Waals surface area contributed by atoms with Crippen molar-refractivity contribution in [3.63, 3.8) is 0 Å². The maximum atomic E-state index is 10.4. The second-order valence-corrected chi connectivity index (χ2v) is 1.72. The molecule has 55 valence electrons. The maximum absolute atomic E-state index is 10.4. The van der Waals surface area contributed by atoms with E-state index < -0.39 is 11.9 Å². The molecule has 0 aromatic heterocycles. The molecule has 0 aromatic rings. The van der Waals surface area contributed by atoms with E-state index in [9.17, 15) is 14.4 Å². The van der Waals surface area contributed by atoms with Gasteiger partial charge in [-0.3, -0.25) is 14.4 Å². The molecule has 0 rings (SSSR count). The average molecular weight is 143 g/mol. The first-order valence-corrected chi connectivity index (χ1v) is 2.58. The van der Waals surface area contributed by atoms with Gasteiger partial charge < -0.3 is 4.74 Å². The van der Waals surface area contributed by atoms with Gasteiger partial charge >= 0.3 is 11.9 Å². The van der Waals surface area contributed by atoms with Crippen molar-refractivity contribution in [3.05, 3.63) is 6.92 Å². The number of ketones is 1. The zero-order valence-corrected chi connectivity index (χ0v) is 5.55. The van der Waals surface area contributed by atoms with Gasteiger partial charge in [-0.2, -0.15) is 0 Å². The van der Waals surface area contributed by atoms with Crippen LogP contribution in [0.2, 0.25) is 0 Å². The summed E-state index contributed by atoms with van der Waals surface area (Å²) in [5.41, 5.74) is 0. The Labute approximate surface area is 58.2 Å². The molecule has 0 N–H and O–H groups in total. The first kappa shape index (κ1) is 8.81. The van der Waals surface area contributed by atoms with Crippen LogP contribution in [0, 0.1) is 6.92 Å². The molecular weight excluding hydrogens is 136 g/mol. The fourth-order valence-corrected chi connectivity index (χ4v) is 0.366. The molecule has 0 bridgehead atoms. The number of Topliss-reactive ketones (excluding diaryl/α,β-unsaturated/α-hetero) is 1. The van der Waals surface area contributed by atoms with Crippen LogP contribution in [0.15, 0.2) is 0 Å². The number of ether oxygens (including phenoxy) is 1. The first-order valence-electron chi connectivity index (χ1n) is 2.58. The predicted octanol–water partition coefficient (Wildman–Crippen LogP) is -0.131. The summed E-state index contributed by atoms with van der Waals surface area (Å²) >= 11 is 0. The van der Waals surface area contributed by atoms with Crippen LogP contribution >= 0.6 is 0 Å². The molecule has 0 aromatic carbocycles. The zero-order chi connectivity index (χ0) is 8.15. The zero-order valence-electron chi connectivity index (χ0n) is 5.55.